The molecule has 0 N–H and O–H groups in total. The molecule has 3 aromatic rings. The molecule has 1 saturated heterocycles. The van der Waals surface area contributed by atoms with E-state index in [1.807, 2.05) is 46.9 Å². The average molecular weight is 446 g/mol. The van der Waals surface area contributed by atoms with Crippen molar-refractivity contribution < 1.29 is 18.8 Å². The molecular formula is C25H23FN4O3. The van der Waals surface area contributed by atoms with Gasteiger partial charge in [-0.15, -0.1) is 0 Å². The Labute approximate surface area is 190 Å². The monoisotopic (exact) mass is 446 g/mol. The molecule has 1 aromatic heterocycles. The standard InChI is InChI=1S/C25H23FN4O3/c1-17-14-29(16-27-17)22-10-5-18(13-23(22)32-2)12-19-4-3-11-30-24(19)28-33-25(30,15-31)20-6-8-21(26)9-7-20/h5-10,12-16H,3-4,11H2,1-2H3/b19-12+/t25-/m1/s1. The number of rotatable bonds is 5. The summed E-state index contributed by atoms with van der Waals surface area (Å²) in [5.41, 5.74) is 2.87. The third-order valence-electron chi connectivity index (χ3n) is 6.00. The molecule has 0 radical (unpaired) electrons. The van der Waals surface area contributed by atoms with Gasteiger partial charge in [-0.25, -0.2) is 9.37 Å². The number of carbonyl (C=O) groups excluding carboxylic acids is 1. The van der Waals surface area contributed by atoms with Gasteiger partial charge in [0.2, 0.25) is 0 Å². The van der Waals surface area contributed by atoms with Crippen LogP contribution in [0.3, 0.4) is 0 Å². The predicted molar refractivity (Wildman–Crippen MR) is 121 cm³/mol. The summed E-state index contributed by atoms with van der Waals surface area (Å²) in [5, 5.41) is 4.27. The van der Waals surface area contributed by atoms with Gasteiger partial charge in [-0.2, -0.15) is 0 Å². The topological polar surface area (TPSA) is 69.0 Å². The summed E-state index contributed by atoms with van der Waals surface area (Å²) in [7, 11) is 1.64. The van der Waals surface area contributed by atoms with Crippen LogP contribution in [-0.2, 0) is 15.4 Å². The van der Waals surface area contributed by atoms with Crippen LogP contribution in [0.5, 0.6) is 5.75 Å². The number of piperidine rings is 1. The molecule has 5 rings (SSSR count). The van der Waals surface area contributed by atoms with Crippen molar-refractivity contribution in [2.75, 3.05) is 13.7 Å². The van der Waals surface area contributed by atoms with E-state index in [0.29, 0.717) is 23.7 Å². The van der Waals surface area contributed by atoms with E-state index in [2.05, 4.69) is 10.1 Å². The van der Waals surface area contributed by atoms with Crippen molar-refractivity contribution in [3.05, 3.63) is 83.2 Å². The molecule has 33 heavy (non-hydrogen) atoms. The van der Waals surface area contributed by atoms with Gasteiger partial charge in [-0.05, 0) is 73.4 Å². The molecule has 1 atom stereocenters. The minimum atomic E-state index is -1.39. The van der Waals surface area contributed by atoms with Gasteiger partial charge >= 0.3 is 0 Å². The molecule has 0 unspecified atom stereocenters. The van der Waals surface area contributed by atoms with Crippen LogP contribution in [-0.4, -0.2) is 40.2 Å². The summed E-state index contributed by atoms with van der Waals surface area (Å²) in [5.74, 6) is 0.958. The Kier molecular flexibility index (Phi) is 5.20. The van der Waals surface area contributed by atoms with Gasteiger partial charge < -0.3 is 19.0 Å². The van der Waals surface area contributed by atoms with Crippen molar-refractivity contribution in [1.29, 1.82) is 0 Å². The highest BCUT2D eigenvalue weighted by molar-refractivity contribution is 6.05. The molecule has 0 bridgehead atoms. The van der Waals surface area contributed by atoms with Gasteiger partial charge in [-0.3, -0.25) is 4.79 Å². The van der Waals surface area contributed by atoms with Crippen molar-refractivity contribution >= 4 is 18.2 Å². The van der Waals surface area contributed by atoms with Crippen molar-refractivity contribution in [2.45, 2.75) is 25.5 Å². The van der Waals surface area contributed by atoms with Crippen LogP contribution in [0.2, 0.25) is 0 Å². The van der Waals surface area contributed by atoms with Crippen LogP contribution >= 0.6 is 0 Å². The molecule has 1 fully saturated rings. The maximum absolute atomic E-state index is 13.4. The summed E-state index contributed by atoms with van der Waals surface area (Å²) < 4.78 is 21.0. The fraction of sp³-hybridized carbons (Fsp3) is 0.240. The van der Waals surface area contributed by atoms with E-state index in [1.54, 1.807) is 25.6 Å². The van der Waals surface area contributed by atoms with Crippen LogP contribution in [0.25, 0.3) is 11.8 Å². The van der Waals surface area contributed by atoms with Gasteiger partial charge in [-0.1, -0.05) is 11.2 Å². The van der Waals surface area contributed by atoms with Crippen LogP contribution in [0.4, 0.5) is 4.39 Å². The van der Waals surface area contributed by atoms with Crippen LogP contribution in [0.15, 0.2) is 65.7 Å². The molecule has 0 aliphatic carbocycles. The quantitative estimate of drug-likeness (QED) is 0.550. The number of ether oxygens (including phenoxy) is 1. The van der Waals surface area contributed by atoms with Crippen LogP contribution in [0.1, 0.15) is 29.7 Å². The number of methoxy groups -OCH3 is 1. The second-order valence-electron chi connectivity index (χ2n) is 8.11. The number of carbonyl (C=O) groups is 1. The largest absolute Gasteiger partial charge is 0.495 e. The van der Waals surface area contributed by atoms with Crippen molar-refractivity contribution in [1.82, 2.24) is 14.5 Å². The summed E-state index contributed by atoms with van der Waals surface area (Å²) in [4.78, 5) is 24.0. The first-order chi connectivity index (χ1) is 16.0. The zero-order valence-electron chi connectivity index (χ0n) is 18.4. The molecule has 2 aromatic carbocycles. The number of halogens is 1. The minimum absolute atomic E-state index is 0.374. The molecule has 168 valence electrons. The van der Waals surface area contributed by atoms with Gasteiger partial charge in [0.1, 0.15) is 11.6 Å². The molecule has 0 spiro atoms. The fourth-order valence-electron chi connectivity index (χ4n) is 4.35. The molecule has 3 heterocycles. The number of aryl methyl sites for hydroxylation is 1. The van der Waals surface area contributed by atoms with E-state index in [4.69, 9.17) is 9.57 Å². The molecular weight excluding hydrogens is 423 g/mol. The molecule has 2 aliphatic heterocycles. The molecule has 7 nitrogen and oxygen atoms in total. The lowest BCUT2D eigenvalue weighted by atomic mass is 9.95. The highest BCUT2D eigenvalue weighted by Gasteiger charge is 2.49. The van der Waals surface area contributed by atoms with Gasteiger partial charge in [0.15, 0.2) is 12.1 Å². The first-order valence-corrected chi connectivity index (χ1v) is 10.7. The Morgan fingerprint density at radius 3 is 2.73 bits per heavy atom. The Hall–Kier alpha value is -3.94. The number of imidazole rings is 1. The highest BCUT2D eigenvalue weighted by atomic mass is 19.1. The van der Waals surface area contributed by atoms with Gasteiger partial charge in [0, 0.05) is 18.3 Å². The van der Waals surface area contributed by atoms with E-state index < -0.39 is 5.72 Å². The van der Waals surface area contributed by atoms with E-state index in [-0.39, 0.29) is 5.82 Å². The zero-order valence-corrected chi connectivity index (χ0v) is 18.4. The summed E-state index contributed by atoms with van der Waals surface area (Å²) in [6, 6.07) is 11.7. The SMILES string of the molecule is COc1cc(/C=C2\CCCN3C2=NO[C@]3(C=O)c2ccc(F)cc2)ccc1-n1cnc(C)c1. The highest BCUT2D eigenvalue weighted by Crippen LogP contribution is 2.39. The number of fused-ring (bicyclic) bond motifs is 1. The third kappa shape index (κ3) is 3.57. The minimum Gasteiger partial charge on any atom is -0.495 e. The number of aromatic nitrogens is 2. The molecule has 0 amide bonds. The van der Waals surface area contributed by atoms with Gasteiger partial charge in [0.05, 0.1) is 24.8 Å². The Morgan fingerprint density at radius 2 is 2.03 bits per heavy atom. The first kappa shape index (κ1) is 20.9. The van der Waals surface area contributed by atoms with E-state index in [9.17, 15) is 9.18 Å². The van der Waals surface area contributed by atoms with E-state index >= 15 is 0 Å². The Balaban J connectivity index is 1.48. The van der Waals surface area contributed by atoms with Crippen LogP contribution < -0.4 is 4.74 Å². The lowest BCUT2D eigenvalue weighted by molar-refractivity contribution is -0.147. The maximum Gasteiger partial charge on any atom is 0.293 e. The number of hydrogen-bond acceptors (Lipinski definition) is 6. The number of oxime groups is 1. The van der Waals surface area contributed by atoms with Crippen molar-refractivity contribution in [3.63, 3.8) is 0 Å². The zero-order chi connectivity index (χ0) is 23.0. The second kappa shape index (κ2) is 8.20. The van der Waals surface area contributed by atoms with E-state index in [0.717, 1.165) is 41.6 Å². The predicted octanol–water partition coefficient (Wildman–Crippen LogP) is 4.20. The summed E-state index contributed by atoms with van der Waals surface area (Å²) >= 11 is 0. The van der Waals surface area contributed by atoms with E-state index in [1.165, 1.54) is 12.1 Å². The number of aldehydes is 1. The second-order valence-corrected chi connectivity index (χ2v) is 8.11. The molecule has 2 aliphatic rings. The number of hydrogen-bond donors (Lipinski definition) is 0. The van der Waals surface area contributed by atoms with Crippen molar-refractivity contribution in [3.8, 4) is 11.4 Å². The first-order valence-electron chi connectivity index (χ1n) is 10.7. The number of benzene rings is 2. The maximum atomic E-state index is 13.4. The normalized spacial score (nSPS) is 20.9. The third-order valence-corrected chi connectivity index (χ3v) is 6.00. The molecule has 0 saturated carbocycles. The average Bonchev–Trinajstić information content (AvgIpc) is 3.44. The van der Waals surface area contributed by atoms with Crippen LogP contribution in [0, 0.1) is 12.7 Å². The Bertz CT molecular complexity index is 1260. The summed E-state index contributed by atoms with van der Waals surface area (Å²) in [6.45, 7) is 2.54. The van der Waals surface area contributed by atoms with Gasteiger partial charge in [0.25, 0.3) is 5.72 Å². The fourth-order valence-corrected chi connectivity index (χ4v) is 4.35. The summed E-state index contributed by atoms with van der Waals surface area (Å²) in [6.07, 6.45) is 8.07. The number of nitrogens with zero attached hydrogens (tertiary/aromatic N) is 4. The molecule has 8 heteroatoms. The lowest BCUT2D eigenvalue weighted by Crippen LogP contribution is -2.50. The lowest BCUT2D eigenvalue weighted by Gasteiger charge is -2.36. The van der Waals surface area contributed by atoms with Crippen molar-refractivity contribution in [2.24, 2.45) is 5.16 Å². The Morgan fingerprint density at radius 1 is 1.21 bits per heavy atom. The number of amidine groups is 1. The smallest absolute Gasteiger partial charge is 0.293 e.